The van der Waals surface area contributed by atoms with Crippen molar-refractivity contribution in [2.45, 2.75) is 46.6 Å². The van der Waals surface area contributed by atoms with Crippen LogP contribution >= 0.6 is 0 Å². The van der Waals surface area contributed by atoms with Gasteiger partial charge in [0.15, 0.2) is 0 Å². The fraction of sp³-hybridized carbons (Fsp3) is 0.750. The van der Waals surface area contributed by atoms with E-state index < -0.39 is 0 Å². The molecule has 1 rings (SSSR count). The second-order valence-corrected chi connectivity index (χ2v) is 5.28. The summed E-state index contributed by atoms with van der Waals surface area (Å²) in [6, 6.07) is 0. The Morgan fingerprint density at radius 3 is 2.36 bits per heavy atom. The van der Waals surface area contributed by atoms with Gasteiger partial charge >= 0.3 is 5.97 Å². The van der Waals surface area contributed by atoms with Crippen LogP contribution in [-0.4, -0.2) is 11.6 Å². The molecule has 0 aromatic carbocycles. The molecule has 0 radical (unpaired) electrons. The summed E-state index contributed by atoms with van der Waals surface area (Å²) in [6.45, 7) is 9.84. The summed E-state index contributed by atoms with van der Waals surface area (Å²) in [5.74, 6) is 0.499. The molecular weight excluding hydrogens is 176 g/mol. The van der Waals surface area contributed by atoms with Gasteiger partial charge in [0, 0.05) is 0 Å². The number of esters is 1. The monoisotopic (exact) mass is 196 g/mol. The molecule has 0 saturated heterocycles. The van der Waals surface area contributed by atoms with Crippen LogP contribution in [0.2, 0.25) is 0 Å². The number of carbonyl (C=O) groups excluding carboxylic acids is 1. The summed E-state index contributed by atoms with van der Waals surface area (Å²) in [7, 11) is 0. The number of ether oxygens (including phenoxy) is 1. The fourth-order valence-electron chi connectivity index (χ4n) is 1.48. The van der Waals surface area contributed by atoms with Gasteiger partial charge in [-0.3, -0.25) is 4.79 Å². The quantitative estimate of drug-likeness (QED) is 0.501. The minimum atomic E-state index is -0.352. The first kappa shape index (κ1) is 11.3. The summed E-state index contributed by atoms with van der Waals surface area (Å²) < 4.78 is 5.31. The van der Waals surface area contributed by atoms with Crippen LogP contribution in [0.3, 0.4) is 0 Å². The Morgan fingerprint density at radius 1 is 1.36 bits per heavy atom. The molecule has 1 fully saturated rings. The largest absolute Gasteiger partial charge is 0.460 e. The van der Waals surface area contributed by atoms with Crippen molar-refractivity contribution < 1.29 is 9.53 Å². The lowest BCUT2D eigenvalue weighted by molar-refractivity contribution is -0.156. The Balaban J connectivity index is 2.41. The van der Waals surface area contributed by atoms with E-state index in [1.165, 1.54) is 5.57 Å². The van der Waals surface area contributed by atoms with Gasteiger partial charge in [0.25, 0.3) is 0 Å². The lowest BCUT2D eigenvalue weighted by Gasteiger charge is -2.19. The number of allylic oxidation sites excluding steroid dienone is 2. The zero-order chi connectivity index (χ0) is 10.9. The van der Waals surface area contributed by atoms with Gasteiger partial charge in [0.2, 0.25) is 0 Å². The Hall–Kier alpha value is -0.790. The molecule has 0 aliphatic heterocycles. The second kappa shape index (κ2) is 3.76. The lowest BCUT2D eigenvalue weighted by Crippen LogP contribution is -2.25. The van der Waals surface area contributed by atoms with Crippen molar-refractivity contribution in [3.8, 4) is 0 Å². The number of hydrogen-bond donors (Lipinski definition) is 0. The van der Waals surface area contributed by atoms with Gasteiger partial charge in [0.05, 0.1) is 5.92 Å². The normalized spacial score (nSPS) is 25.5. The molecule has 0 aromatic heterocycles. The third-order valence-electron chi connectivity index (χ3n) is 2.10. The van der Waals surface area contributed by atoms with Crippen molar-refractivity contribution >= 4 is 5.97 Å². The molecule has 2 nitrogen and oxygen atoms in total. The molecule has 80 valence electrons. The molecule has 0 N–H and O–H groups in total. The zero-order valence-electron chi connectivity index (χ0n) is 9.76. The van der Waals surface area contributed by atoms with Crippen LogP contribution in [0.15, 0.2) is 11.6 Å². The van der Waals surface area contributed by atoms with Gasteiger partial charge in [-0.15, -0.1) is 0 Å². The SMILES string of the molecule is CC(C)=CC1CC1C(=O)OC(C)(C)C. The maximum Gasteiger partial charge on any atom is 0.310 e. The van der Waals surface area contributed by atoms with Crippen molar-refractivity contribution in [2.24, 2.45) is 11.8 Å². The van der Waals surface area contributed by atoms with E-state index in [4.69, 9.17) is 4.74 Å². The summed E-state index contributed by atoms with van der Waals surface area (Å²) in [5, 5.41) is 0. The third kappa shape index (κ3) is 3.52. The molecule has 0 spiro atoms. The van der Waals surface area contributed by atoms with E-state index in [2.05, 4.69) is 19.9 Å². The molecule has 0 bridgehead atoms. The predicted molar refractivity (Wildman–Crippen MR) is 56.9 cm³/mol. The van der Waals surface area contributed by atoms with E-state index in [-0.39, 0.29) is 17.5 Å². The Kier molecular flexibility index (Phi) is 3.03. The van der Waals surface area contributed by atoms with Crippen molar-refractivity contribution in [1.82, 2.24) is 0 Å². The standard InChI is InChI=1S/C12H20O2/c1-8(2)6-9-7-10(9)11(13)14-12(3,4)5/h6,9-10H,7H2,1-5H3. The van der Waals surface area contributed by atoms with E-state index in [1.807, 2.05) is 20.8 Å². The summed E-state index contributed by atoms with van der Waals surface area (Å²) in [4.78, 5) is 11.6. The van der Waals surface area contributed by atoms with Gasteiger partial charge in [0.1, 0.15) is 5.60 Å². The first-order valence-corrected chi connectivity index (χ1v) is 5.17. The van der Waals surface area contributed by atoms with E-state index in [1.54, 1.807) is 0 Å². The average Bonchev–Trinajstić information content (AvgIpc) is 2.61. The highest BCUT2D eigenvalue weighted by Gasteiger charge is 2.43. The molecule has 0 heterocycles. The van der Waals surface area contributed by atoms with E-state index in [0.717, 1.165) is 6.42 Å². The van der Waals surface area contributed by atoms with E-state index in [0.29, 0.717) is 5.92 Å². The van der Waals surface area contributed by atoms with Crippen LogP contribution in [0.4, 0.5) is 0 Å². The van der Waals surface area contributed by atoms with E-state index >= 15 is 0 Å². The van der Waals surface area contributed by atoms with Gasteiger partial charge in [-0.05, 0) is 47.0 Å². The van der Waals surface area contributed by atoms with Crippen molar-refractivity contribution in [2.75, 3.05) is 0 Å². The highest BCUT2D eigenvalue weighted by atomic mass is 16.6. The van der Waals surface area contributed by atoms with Crippen LogP contribution in [0.25, 0.3) is 0 Å². The van der Waals surface area contributed by atoms with Crippen LogP contribution < -0.4 is 0 Å². The summed E-state index contributed by atoms with van der Waals surface area (Å²) >= 11 is 0. The van der Waals surface area contributed by atoms with Gasteiger partial charge in [-0.1, -0.05) is 11.6 Å². The molecular formula is C12H20O2. The molecule has 14 heavy (non-hydrogen) atoms. The maximum absolute atomic E-state index is 11.6. The van der Waals surface area contributed by atoms with Crippen molar-refractivity contribution in [3.05, 3.63) is 11.6 Å². The molecule has 2 heteroatoms. The first-order valence-electron chi connectivity index (χ1n) is 5.17. The molecule has 0 aromatic rings. The van der Waals surface area contributed by atoms with Gasteiger partial charge in [-0.2, -0.15) is 0 Å². The molecule has 1 saturated carbocycles. The molecule has 1 aliphatic rings. The van der Waals surface area contributed by atoms with Crippen LogP contribution in [-0.2, 0) is 9.53 Å². The predicted octanol–water partition coefficient (Wildman–Crippen LogP) is 2.93. The molecule has 2 atom stereocenters. The Bertz CT molecular complexity index is 254. The van der Waals surface area contributed by atoms with Crippen LogP contribution in [0.1, 0.15) is 41.0 Å². The summed E-state index contributed by atoms with van der Waals surface area (Å²) in [6.07, 6.45) is 3.12. The highest BCUT2D eigenvalue weighted by Crippen LogP contribution is 2.41. The third-order valence-corrected chi connectivity index (χ3v) is 2.10. The number of carbonyl (C=O) groups is 1. The number of rotatable bonds is 2. The smallest absolute Gasteiger partial charge is 0.310 e. The Labute approximate surface area is 86.3 Å². The van der Waals surface area contributed by atoms with Gasteiger partial charge < -0.3 is 4.74 Å². The van der Waals surface area contributed by atoms with Crippen molar-refractivity contribution in [1.29, 1.82) is 0 Å². The molecule has 1 aliphatic carbocycles. The number of hydrogen-bond acceptors (Lipinski definition) is 2. The second-order valence-electron chi connectivity index (χ2n) is 5.28. The average molecular weight is 196 g/mol. The van der Waals surface area contributed by atoms with Crippen LogP contribution in [0.5, 0.6) is 0 Å². The van der Waals surface area contributed by atoms with Crippen LogP contribution in [0, 0.1) is 11.8 Å². The minimum Gasteiger partial charge on any atom is -0.460 e. The maximum atomic E-state index is 11.6. The lowest BCUT2D eigenvalue weighted by atomic mass is 10.2. The van der Waals surface area contributed by atoms with Crippen molar-refractivity contribution in [3.63, 3.8) is 0 Å². The highest BCUT2D eigenvalue weighted by molar-refractivity contribution is 5.76. The first-order chi connectivity index (χ1) is 6.29. The minimum absolute atomic E-state index is 0.0417. The van der Waals surface area contributed by atoms with E-state index in [9.17, 15) is 4.79 Å². The summed E-state index contributed by atoms with van der Waals surface area (Å²) in [5.41, 5.74) is 0.927. The topological polar surface area (TPSA) is 26.3 Å². The molecule has 2 unspecified atom stereocenters. The zero-order valence-corrected chi connectivity index (χ0v) is 9.76. The fourth-order valence-corrected chi connectivity index (χ4v) is 1.48. The van der Waals surface area contributed by atoms with Gasteiger partial charge in [-0.25, -0.2) is 0 Å². The Morgan fingerprint density at radius 2 is 1.93 bits per heavy atom. The molecule has 0 amide bonds.